The van der Waals surface area contributed by atoms with Gasteiger partial charge in [-0.05, 0) is 40.9 Å². The van der Waals surface area contributed by atoms with Gasteiger partial charge in [-0.2, -0.15) is 0 Å². The van der Waals surface area contributed by atoms with E-state index in [2.05, 4.69) is 31.0 Å². The summed E-state index contributed by atoms with van der Waals surface area (Å²) in [6.07, 6.45) is 4.54. The van der Waals surface area contributed by atoms with Crippen LogP contribution in [0.4, 0.5) is 0 Å². The van der Waals surface area contributed by atoms with Gasteiger partial charge >= 0.3 is 5.97 Å². The molecule has 1 heterocycles. The van der Waals surface area contributed by atoms with E-state index in [-0.39, 0.29) is 11.9 Å². The highest BCUT2D eigenvalue weighted by Gasteiger charge is 2.09. The molecule has 0 atom stereocenters. The average Bonchev–Trinajstić information content (AvgIpc) is 2.42. The first-order valence-electron chi connectivity index (χ1n) is 6.10. The van der Waals surface area contributed by atoms with Crippen molar-refractivity contribution < 1.29 is 14.3 Å². The van der Waals surface area contributed by atoms with Gasteiger partial charge in [0.2, 0.25) is 0 Å². The maximum absolute atomic E-state index is 11.8. The molecule has 0 bridgehead atoms. The number of amides is 1. The van der Waals surface area contributed by atoms with Crippen LogP contribution in [0.15, 0.2) is 22.9 Å². The van der Waals surface area contributed by atoms with Crippen LogP contribution in [0.1, 0.15) is 36.0 Å². The fraction of sp³-hybridized carbons (Fsp3) is 0.462. The van der Waals surface area contributed by atoms with Crippen LogP contribution in [0.2, 0.25) is 0 Å². The van der Waals surface area contributed by atoms with E-state index >= 15 is 0 Å². The molecular formula is C13H17BrN2O3. The zero-order valence-corrected chi connectivity index (χ0v) is 12.4. The Labute approximate surface area is 120 Å². The molecule has 19 heavy (non-hydrogen) atoms. The van der Waals surface area contributed by atoms with Crippen molar-refractivity contribution in [3.63, 3.8) is 0 Å². The summed E-state index contributed by atoms with van der Waals surface area (Å²) < 4.78 is 5.09. The van der Waals surface area contributed by atoms with Gasteiger partial charge in [0, 0.05) is 19.2 Å². The van der Waals surface area contributed by atoms with E-state index < -0.39 is 0 Å². The van der Waals surface area contributed by atoms with Crippen LogP contribution < -0.4 is 5.32 Å². The minimum Gasteiger partial charge on any atom is -0.469 e. The van der Waals surface area contributed by atoms with Crippen molar-refractivity contribution in [1.29, 1.82) is 0 Å². The number of pyridine rings is 1. The smallest absolute Gasteiger partial charge is 0.305 e. The highest BCUT2D eigenvalue weighted by Crippen LogP contribution is 2.12. The number of nitrogens with zero attached hydrogens (tertiary/aromatic N) is 1. The molecular weight excluding hydrogens is 312 g/mol. The Bertz CT molecular complexity index is 438. The van der Waals surface area contributed by atoms with Crippen molar-refractivity contribution in [3.8, 4) is 0 Å². The Morgan fingerprint density at radius 3 is 2.84 bits per heavy atom. The fourth-order valence-corrected chi connectivity index (χ4v) is 1.96. The molecule has 1 N–H and O–H groups in total. The van der Waals surface area contributed by atoms with Crippen LogP contribution in [-0.2, 0) is 9.53 Å². The van der Waals surface area contributed by atoms with E-state index in [9.17, 15) is 9.59 Å². The topological polar surface area (TPSA) is 68.3 Å². The Morgan fingerprint density at radius 1 is 1.37 bits per heavy atom. The second-order valence-corrected chi connectivity index (χ2v) is 4.74. The molecule has 0 aliphatic carbocycles. The van der Waals surface area contributed by atoms with E-state index in [4.69, 9.17) is 0 Å². The molecule has 6 heteroatoms. The number of rotatable bonds is 7. The van der Waals surface area contributed by atoms with Crippen molar-refractivity contribution in [2.45, 2.75) is 25.7 Å². The predicted molar refractivity (Wildman–Crippen MR) is 74.8 cm³/mol. The highest BCUT2D eigenvalue weighted by atomic mass is 79.9. The number of unbranched alkanes of at least 4 members (excludes halogenated alkanes) is 2. The van der Waals surface area contributed by atoms with Crippen molar-refractivity contribution in [1.82, 2.24) is 10.3 Å². The quantitative estimate of drug-likeness (QED) is 0.473. The minimum atomic E-state index is -0.191. The van der Waals surface area contributed by atoms with E-state index in [0.717, 1.165) is 19.3 Å². The summed E-state index contributed by atoms with van der Waals surface area (Å²) >= 11 is 3.23. The van der Waals surface area contributed by atoms with Gasteiger partial charge in [-0.15, -0.1) is 0 Å². The van der Waals surface area contributed by atoms with Gasteiger partial charge in [-0.1, -0.05) is 6.42 Å². The van der Waals surface area contributed by atoms with Crippen molar-refractivity contribution in [2.75, 3.05) is 13.7 Å². The molecule has 0 radical (unpaired) electrons. The standard InChI is InChI=1S/C13H17BrN2O3/c1-19-11(17)7-3-2-4-8-16-13(18)10-6-5-9-15-12(10)14/h5-6,9H,2-4,7-8H2,1H3,(H,16,18). The van der Waals surface area contributed by atoms with Crippen molar-refractivity contribution >= 4 is 27.8 Å². The summed E-state index contributed by atoms with van der Waals surface area (Å²) in [4.78, 5) is 26.7. The van der Waals surface area contributed by atoms with Crippen LogP contribution >= 0.6 is 15.9 Å². The second-order valence-electron chi connectivity index (χ2n) is 3.98. The summed E-state index contributed by atoms with van der Waals surface area (Å²) in [6.45, 7) is 0.585. The summed E-state index contributed by atoms with van der Waals surface area (Å²) in [7, 11) is 1.38. The van der Waals surface area contributed by atoms with E-state index in [1.165, 1.54) is 7.11 Å². The maximum atomic E-state index is 11.8. The molecule has 104 valence electrons. The Hall–Kier alpha value is -1.43. The number of halogens is 1. The Kier molecular flexibility index (Phi) is 7.10. The van der Waals surface area contributed by atoms with Gasteiger partial charge in [-0.3, -0.25) is 9.59 Å². The van der Waals surface area contributed by atoms with E-state index in [0.29, 0.717) is 23.1 Å². The van der Waals surface area contributed by atoms with Crippen LogP contribution in [0, 0.1) is 0 Å². The first kappa shape index (κ1) is 15.6. The molecule has 0 aromatic carbocycles. The molecule has 1 amide bonds. The van der Waals surface area contributed by atoms with Crippen molar-refractivity contribution in [2.24, 2.45) is 0 Å². The van der Waals surface area contributed by atoms with Gasteiger partial charge in [0.1, 0.15) is 4.60 Å². The molecule has 1 aromatic heterocycles. The van der Waals surface area contributed by atoms with Gasteiger partial charge in [0.05, 0.1) is 12.7 Å². The molecule has 0 saturated carbocycles. The number of carbonyl (C=O) groups is 2. The lowest BCUT2D eigenvalue weighted by Gasteiger charge is -2.06. The first-order valence-corrected chi connectivity index (χ1v) is 6.90. The number of ether oxygens (including phenoxy) is 1. The van der Waals surface area contributed by atoms with Crippen LogP contribution in [0.25, 0.3) is 0 Å². The van der Waals surface area contributed by atoms with Crippen LogP contribution in [0.5, 0.6) is 0 Å². The maximum Gasteiger partial charge on any atom is 0.305 e. The molecule has 5 nitrogen and oxygen atoms in total. The van der Waals surface area contributed by atoms with Gasteiger partial charge in [0.15, 0.2) is 0 Å². The lowest BCUT2D eigenvalue weighted by Crippen LogP contribution is -2.25. The van der Waals surface area contributed by atoms with Gasteiger partial charge in [-0.25, -0.2) is 4.98 Å². The predicted octanol–water partition coefficient (Wildman–Crippen LogP) is 2.31. The molecule has 0 spiro atoms. The molecule has 1 rings (SSSR count). The van der Waals surface area contributed by atoms with E-state index in [1.807, 2.05) is 0 Å². The number of hydrogen-bond donors (Lipinski definition) is 1. The van der Waals surface area contributed by atoms with Crippen LogP contribution in [0.3, 0.4) is 0 Å². The van der Waals surface area contributed by atoms with E-state index in [1.54, 1.807) is 18.3 Å². The number of esters is 1. The van der Waals surface area contributed by atoms with Gasteiger partial charge < -0.3 is 10.1 Å². The van der Waals surface area contributed by atoms with Crippen molar-refractivity contribution in [3.05, 3.63) is 28.5 Å². The summed E-state index contributed by atoms with van der Waals surface area (Å²) in [6, 6.07) is 3.43. The third kappa shape index (κ3) is 5.83. The molecule has 0 unspecified atom stereocenters. The lowest BCUT2D eigenvalue weighted by atomic mass is 10.2. The number of methoxy groups -OCH3 is 1. The zero-order chi connectivity index (χ0) is 14.1. The SMILES string of the molecule is COC(=O)CCCCCNC(=O)c1cccnc1Br. The van der Waals surface area contributed by atoms with Crippen LogP contribution in [-0.4, -0.2) is 30.5 Å². The average molecular weight is 329 g/mol. The lowest BCUT2D eigenvalue weighted by molar-refractivity contribution is -0.140. The number of hydrogen-bond acceptors (Lipinski definition) is 4. The Morgan fingerprint density at radius 2 is 2.16 bits per heavy atom. The normalized spacial score (nSPS) is 10.0. The molecule has 0 aliphatic rings. The number of carbonyl (C=O) groups excluding carboxylic acids is 2. The minimum absolute atomic E-state index is 0.145. The molecule has 0 aliphatic heterocycles. The zero-order valence-electron chi connectivity index (χ0n) is 10.8. The molecule has 0 fully saturated rings. The first-order chi connectivity index (χ1) is 9.15. The second kappa shape index (κ2) is 8.63. The molecule has 1 aromatic rings. The Balaban J connectivity index is 2.18. The third-order valence-corrected chi connectivity index (χ3v) is 3.21. The number of aromatic nitrogens is 1. The third-order valence-electron chi connectivity index (χ3n) is 2.57. The highest BCUT2D eigenvalue weighted by molar-refractivity contribution is 9.10. The largest absolute Gasteiger partial charge is 0.469 e. The van der Waals surface area contributed by atoms with Gasteiger partial charge in [0.25, 0.3) is 5.91 Å². The molecule has 0 saturated heterocycles. The summed E-state index contributed by atoms with van der Waals surface area (Å²) in [5.74, 6) is -0.337. The summed E-state index contributed by atoms with van der Waals surface area (Å²) in [5, 5.41) is 2.82. The summed E-state index contributed by atoms with van der Waals surface area (Å²) in [5.41, 5.74) is 0.525. The number of nitrogens with one attached hydrogen (secondary N) is 1. The fourth-order valence-electron chi connectivity index (χ4n) is 1.53. The monoisotopic (exact) mass is 328 g/mol.